The Bertz CT molecular complexity index is 331. The van der Waals surface area contributed by atoms with Crippen molar-refractivity contribution in [1.82, 2.24) is 0 Å². The van der Waals surface area contributed by atoms with Crippen LogP contribution in [0.25, 0.3) is 0 Å². The molecule has 0 bridgehead atoms. The highest BCUT2D eigenvalue weighted by Gasteiger charge is 2.08. The minimum Gasteiger partial charge on any atom is -0.480 e. The SMILES string of the molecule is CCc1ccc(C(O)COCC(=O)O)cc1. The first-order chi connectivity index (χ1) is 7.63. The highest BCUT2D eigenvalue weighted by Crippen LogP contribution is 2.14. The van der Waals surface area contributed by atoms with Crippen LogP contribution >= 0.6 is 0 Å². The number of carboxylic acid groups (broad SMARTS) is 1. The molecule has 0 spiro atoms. The molecule has 0 fully saturated rings. The number of benzene rings is 1. The van der Waals surface area contributed by atoms with Gasteiger partial charge < -0.3 is 14.9 Å². The third-order valence-corrected chi connectivity index (χ3v) is 2.27. The normalized spacial score (nSPS) is 12.4. The van der Waals surface area contributed by atoms with E-state index in [0.29, 0.717) is 0 Å². The van der Waals surface area contributed by atoms with Crippen molar-refractivity contribution in [3.05, 3.63) is 35.4 Å². The fourth-order valence-electron chi connectivity index (χ4n) is 1.33. The summed E-state index contributed by atoms with van der Waals surface area (Å²) in [6.07, 6.45) is 0.177. The van der Waals surface area contributed by atoms with E-state index in [1.165, 1.54) is 5.56 Å². The van der Waals surface area contributed by atoms with E-state index in [9.17, 15) is 9.90 Å². The first-order valence-electron chi connectivity index (χ1n) is 5.20. The van der Waals surface area contributed by atoms with E-state index in [1.54, 1.807) is 0 Å². The van der Waals surface area contributed by atoms with Crippen molar-refractivity contribution in [3.63, 3.8) is 0 Å². The summed E-state index contributed by atoms with van der Waals surface area (Å²) in [5.74, 6) is -1.03. The second-order valence-electron chi connectivity index (χ2n) is 3.52. The first kappa shape index (κ1) is 12.7. The van der Waals surface area contributed by atoms with Gasteiger partial charge in [0.15, 0.2) is 0 Å². The van der Waals surface area contributed by atoms with Crippen molar-refractivity contribution in [2.75, 3.05) is 13.2 Å². The lowest BCUT2D eigenvalue weighted by Gasteiger charge is -2.11. The average Bonchev–Trinajstić information content (AvgIpc) is 2.28. The number of carboxylic acids is 1. The molecule has 1 atom stereocenters. The van der Waals surface area contributed by atoms with Crippen molar-refractivity contribution < 1.29 is 19.7 Å². The van der Waals surface area contributed by atoms with Crippen LogP contribution in [0.4, 0.5) is 0 Å². The predicted octanol–water partition coefficient (Wildman–Crippen LogP) is 1.38. The van der Waals surface area contributed by atoms with Crippen LogP contribution in [0.1, 0.15) is 24.2 Å². The molecular formula is C12H16O4. The van der Waals surface area contributed by atoms with Gasteiger partial charge in [-0.25, -0.2) is 4.79 Å². The molecule has 1 unspecified atom stereocenters. The fraction of sp³-hybridized carbons (Fsp3) is 0.417. The Morgan fingerprint density at radius 2 is 2.00 bits per heavy atom. The number of rotatable bonds is 6. The summed E-state index contributed by atoms with van der Waals surface area (Å²) in [5.41, 5.74) is 1.94. The van der Waals surface area contributed by atoms with Gasteiger partial charge in [0, 0.05) is 0 Å². The van der Waals surface area contributed by atoms with Gasteiger partial charge >= 0.3 is 5.97 Å². The molecule has 16 heavy (non-hydrogen) atoms. The second kappa shape index (κ2) is 6.25. The van der Waals surface area contributed by atoms with Crippen LogP contribution in [-0.4, -0.2) is 29.4 Å². The smallest absolute Gasteiger partial charge is 0.329 e. The summed E-state index contributed by atoms with van der Waals surface area (Å²) in [6, 6.07) is 7.53. The Hall–Kier alpha value is -1.39. The zero-order valence-corrected chi connectivity index (χ0v) is 9.22. The predicted molar refractivity (Wildman–Crippen MR) is 59.2 cm³/mol. The molecule has 1 aromatic rings. The molecule has 0 aromatic heterocycles. The molecule has 0 heterocycles. The summed E-state index contributed by atoms with van der Waals surface area (Å²) in [5, 5.41) is 18.0. The van der Waals surface area contributed by atoms with Gasteiger partial charge in [-0.15, -0.1) is 0 Å². The maximum atomic E-state index is 10.2. The first-order valence-corrected chi connectivity index (χ1v) is 5.20. The molecule has 0 aliphatic heterocycles. The summed E-state index contributed by atoms with van der Waals surface area (Å²) in [4.78, 5) is 10.2. The molecule has 0 aliphatic carbocycles. The zero-order chi connectivity index (χ0) is 12.0. The molecule has 0 saturated carbocycles. The maximum Gasteiger partial charge on any atom is 0.329 e. The molecule has 2 N–H and O–H groups in total. The standard InChI is InChI=1S/C12H16O4/c1-2-9-3-5-10(6-4-9)11(13)7-16-8-12(14)15/h3-6,11,13H,2,7-8H2,1H3,(H,14,15). The molecule has 88 valence electrons. The molecule has 0 saturated heterocycles. The van der Waals surface area contributed by atoms with E-state index in [2.05, 4.69) is 6.92 Å². The molecule has 0 amide bonds. The summed E-state index contributed by atoms with van der Waals surface area (Å²) in [6.45, 7) is 1.67. The molecule has 4 heteroatoms. The van der Waals surface area contributed by atoms with Crippen LogP contribution in [0, 0.1) is 0 Å². The highest BCUT2D eigenvalue weighted by molar-refractivity contribution is 5.67. The summed E-state index contributed by atoms with van der Waals surface area (Å²) in [7, 11) is 0. The number of aryl methyl sites for hydroxylation is 1. The minimum atomic E-state index is -1.03. The van der Waals surface area contributed by atoms with Crippen LogP contribution < -0.4 is 0 Å². The van der Waals surface area contributed by atoms with Gasteiger partial charge in [0.1, 0.15) is 12.7 Å². The van der Waals surface area contributed by atoms with E-state index in [0.717, 1.165) is 12.0 Å². The van der Waals surface area contributed by atoms with Crippen LogP contribution in [0.3, 0.4) is 0 Å². The molecule has 1 rings (SSSR count). The van der Waals surface area contributed by atoms with E-state index in [4.69, 9.17) is 9.84 Å². The van der Waals surface area contributed by atoms with Crippen LogP contribution in [0.2, 0.25) is 0 Å². The number of carbonyl (C=O) groups is 1. The largest absolute Gasteiger partial charge is 0.480 e. The molecular weight excluding hydrogens is 208 g/mol. The number of hydrogen-bond acceptors (Lipinski definition) is 3. The molecule has 0 aliphatic rings. The Morgan fingerprint density at radius 1 is 1.38 bits per heavy atom. The van der Waals surface area contributed by atoms with E-state index in [-0.39, 0.29) is 13.2 Å². The maximum absolute atomic E-state index is 10.2. The van der Waals surface area contributed by atoms with Crippen molar-refractivity contribution in [1.29, 1.82) is 0 Å². The van der Waals surface area contributed by atoms with Gasteiger partial charge in [0.25, 0.3) is 0 Å². The van der Waals surface area contributed by atoms with Crippen LogP contribution in [-0.2, 0) is 16.0 Å². The Balaban J connectivity index is 2.45. The van der Waals surface area contributed by atoms with E-state index >= 15 is 0 Å². The molecule has 1 aromatic carbocycles. The lowest BCUT2D eigenvalue weighted by atomic mass is 10.1. The summed E-state index contributed by atoms with van der Waals surface area (Å²) < 4.78 is 4.82. The van der Waals surface area contributed by atoms with Gasteiger partial charge in [-0.05, 0) is 17.5 Å². The topological polar surface area (TPSA) is 66.8 Å². The quantitative estimate of drug-likeness (QED) is 0.766. The highest BCUT2D eigenvalue weighted by atomic mass is 16.5. The number of aliphatic carboxylic acids is 1. The average molecular weight is 224 g/mol. The third-order valence-electron chi connectivity index (χ3n) is 2.27. The van der Waals surface area contributed by atoms with E-state index in [1.807, 2.05) is 24.3 Å². The van der Waals surface area contributed by atoms with Crippen molar-refractivity contribution in [2.24, 2.45) is 0 Å². The van der Waals surface area contributed by atoms with Crippen LogP contribution in [0.5, 0.6) is 0 Å². The van der Waals surface area contributed by atoms with E-state index < -0.39 is 12.1 Å². The van der Waals surface area contributed by atoms with Crippen molar-refractivity contribution in [3.8, 4) is 0 Å². The lowest BCUT2D eigenvalue weighted by Crippen LogP contribution is -2.13. The zero-order valence-electron chi connectivity index (χ0n) is 9.22. The number of aliphatic hydroxyl groups is 1. The number of ether oxygens (including phenoxy) is 1. The van der Waals surface area contributed by atoms with Gasteiger partial charge in [-0.2, -0.15) is 0 Å². The third kappa shape index (κ3) is 4.00. The number of hydrogen-bond donors (Lipinski definition) is 2. The fourth-order valence-corrected chi connectivity index (χ4v) is 1.33. The van der Waals surface area contributed by atoms with Gasteiger partial charge in [0.2, 0.25) is 0 Å². The second-order valence-corrected chi connectivity index (χ2v) is 3.52. The van der Waals surface area contributed by atoms with Crippen LogP contribution in [0.15, 0.2) is 24.3 Å². The lowest BCUT2D eigenvalue weighted by molar-refractivity contribution is -0.143. The van der Waals surface area contributed by atoms with Gasteiger partial charge in [-0.3, -0.25) is 0 Å². The van der Waals surface area contributed by atoms with Gasteiger partial charge in [-0.1, -0.05) is 31.2 Å². The Kier molecular flexibility index (Phi) is 4.95. The molecule has 0 radical (unpaired) electrons. The molecule has 4 nitrogen and oxygen atoms in total. The Morgan fingerprint density at radius 3 is 2.50 bits per heavy atom. The summed E-state index contributed by atoms with van der Waals surface area (Å²) >= 11 is 0. The Labute approximate surface area is 94.5 Å². The minimum absolute atomic E-state index is 0.00221. The number of aliphatic hydroxyl groups excluding tert-OH is 1. The monoisotopic (exact) mass is 224 g/mol. The van der Waals surface area contributed by atoms with Gasteiger partial charge in [0.05, 0.1) is 6.61 Å². The van der Waals surface area contributed by atoms with Crippen molar-refractivity contribution >= 4 is 5.97 Å². The van der Waals surface area contributed by atoms with Crippen molar-refractivity contribution in [2.45, 2.75) is 19.4 Å².